The fourth-order valence-corrected chi connectivity index (χ4v) is 1.77. The van der Waals surface area contributed by atoms with Gasteiger partial charge in [0.05, 0.1) is 24.2 Å². The third-order valence-corrected chi connectivity index (χ3v) is 2.72. The van der Waals surface area contributed by atoms with Crippen LogP contribution >= 0.6 is 23.2 Å². The van der Waals surface area contributed by atoms with E-state index in [0.717, 1.165) is 0 Å². The van der Waals surface area contributed by atoms with Gasteiger partial charge in [-0.15, -0.1) is 0 Å². The number of amides is 1. The summed E-state index contributed by atoms with van der Waals surface area (Å²) in [6, 6.07) is 3.06. The molecular formula is C11H13Cl2NO3. The van der Waals surface area contributed by atoms with Crippen LogP contribution < -0.4 is 10.5 Å². The first kappa shape index (κ1) is 14.1. The molecule has 3 N–H and O–H groups in total. The second-order valence-corrected chi connectivity index (χ2v) is 4.49. The maximum atomic E-state index is 10.9. The molecule has 1 amide bonds. The first-order valence-electron chi connectivity index (χ1n) is 4.96. The lowest BCUT2D eigenvalue weighted by molar-refractivity contribution is -0.122. The molecule has 0 aliphatic carbocycles. The van der Waals surface area contributed by atoms with E-state index in [-0.39, 0.29) is 13.2 Å². The Balaban J connectivity index is 2.86. The summed E-state index contributed by atoms with van der Waals surface area (Å²) in [5.41, 5.74) is 5.58. The van der Waals surface area contributed by atoms with Crippen molar-refractivity contribution in [3.05, 3.63) is 27.7 Å². The third kappa shape index (κ3) is 3.77. The highest BCUT2D eigenvalue weighted by atomic mass is 35.5. The van der Waals surface area contributed by atoms with E-state index in [1.54, 1.807) is 13.0 Å². The molecule has 0 saturated heterocycles. The van der Waals surface area contributed by atoms with Crippen LogP contribution in [0.5, 0.6) is 5.75 Å². The van der Waals surface area contributed by atoms with E-state index in [2.05, 4.69) is 0 Å². The van der Waals surface area contributed by atoms with Gasteiger partial charge in [-0.1, -0.05) is 30.1 Å². The number of rotatable bonds is 5. The Morgan fingerprint density at radius 2 is 2.18 bits per heavy atom. The molecule has 4 nitrogen and oxygen atoms in total. The van der Waals surface area contributed by atoms with Crippen molar-refractivity contribution in [2.45, 2.75) is 13.5 Å². The van der Waals surface area contributed by atoms with E-state index in [1.807, 2.05) is 0 Å². The van der Waals surface area contributed by atoms with Crippen LogP contribution in [0.3, 0.4) is 0 Å². The minimum Gasteiger partial charge on any atom is -0.491 e. The molecule has 0 bridgehead atoms. The van der Waals surface area contributed by atoms with Gasteiger partial charge in [0.25, 0.3) is 0 Å². The second kappa shape index (κ2) is 6.10. The smallest absolute Gasteiger partial charge is 0.223 e. The summed E-state index contributed by atoms with van der Waals surface area (Å²) in [6.07, 6.45) is 0. The maximum absolute atomic E-state index is 10.9. The summed E-state index contributed by atoms with van der Waals surface area (Å²) < 4.78 is 5.39. The minimum absolute atomic E-state index is 0.101. The molecule has 1 aromatic rings. The van der Waals surface area contributed by atoms with Crippen molar-refractivity contribution in [1.29, 1.82) is 0 Å². The molecule has 1 unspecified atom stereocenters. The fourth-order valence-electron chi connectivity index (χ4n) is 1.18. The second-order valence-electron chi connectivity index (χ2n) is 3.65. The average molecular weight is 278 g/mol. The van der Waals surface area contributed by atoms with E-state index in [0.29, 0.717) is 21.4 Å². The molecule has 6 heteroatoms. The summed E-state index contributed by atoms with van der Waals surface area (Å²) in [5.74, 6) is -0.569. The lowest BCUT2D eigenvalue weighted by Crippen LogP contribution is -2.26. The lowest BCUT2D eigenvalue weighted by atomic mass is 10.2. The van der Waals surface area contributed by atoms with Gasteiger partial charge in [-0.25, -0.2) is 0 Å². The maximum Gasteiger partial charge on any atom is 0.223 e. The first-order valence-corrected chi connectivity index (χ1v) is 5.72. The Labute approximate surface area is 109 Å². The van der Waals surface area contributed by atoms with Gasteiger partial charge in [0.1, 0.15) is 5.75 Å². The average Bonchev–Trinajstić information content (AvgIpc) is 2.26. The number of carbonyl (C=O) groups is 1. The van der Waals surface area contributed by atoms with Crippen LogP contribution in [0, 0.1) is 5.92 Å². The predicted molar refractivity (Wildman–Crippen MR) is 66.2 cm³/mol. The molecule has 0 spiro atoms. The number of benzene rings is 1. The first-order chi connectivity index (χ1) is 7.95. The minimum atomic E-state index is -0.458. The van der Waals surface area contributed by atoms with Crippen LogP contribution in [0.15, 0.2) is 12.1 Å². The van der Waals surface area contributed by atoms with Crippen LogP contribution in [-0.2, 0) is 11.4 Å². The van der Waals surface area contributed by atoms with Crippen molar-refractivity contribution in [1.82, 2.24) is 0 Å². The highest BCUT2D eigenvalue weighted by Gasteiger charge is 2.14. The highest BCUT2D eigenvalue weighted by Crippen LogP contribution is 2.32. The summed E-state index contributed by atoms with van der Waals surface area (Å²) in [6.45, 7) is 1.50. The van der Waals surface area contributed by atoms with E-state index in [4.69, 9.17) is 38.8 Å². The summed E-state index contributed by atoms with van der Waals surface area (Å²) >= 11 is 11.7. The SMILES string of the molecule is CC(COc1c(Cl)cc(Cl)cc1CO)C(N)=O. The van der Waals surface area contributed by atoms with Gasteiger partial charge < -0.3 is 15.6 Å². The predicted octanol–water partition coefficient (Wildman–Crippen LogP) is 1.99. The molecule has 1 atom stereocenters. The Kier molecular flexibility index (Phi) is 5.05. The van der Waals surface area contributed by atoms with E-state index < -0.39 is 11.8 Å². The standard InChI is InChI=1S/C11H13Cl2NO3/c1-6(11(14)16)5-17-10-7(4-15)2-8(12)3-9(10)13/h2-3,6,15H,4-5H2,1H3,(H2,14,16). The fraction of sp³-hybridized carbons (Fsp3) is 0.364. The molecule has 0 heterocycles. The number of aliphatic hydroxyl groups is 1. The topological polar surface area (TPSA) is 72.6 Å². The molecule has 0 radical (unpaired) electrons. The summed E-state index contributed by atoms with van der Waals surface area (Å²) in [4.78, 5) is 10.9. The quantitative estimate of drug-likeness (QED) is 0.865. The number of ether oxygens (including phenoxy) is 1. The highest BCUT2D eigenvalue weighted by molar-refractivity contribution is 6.35. The lowest BCUT2D eigenvalue weighted by Gasteiger charge is -2.14. The Morgan fingerprint density at radius 3 is 2.71 bits per heavy atom. The largest absolute Gasteiger partial charge is 0.491 e. The van der Waals surface area contributed by atoms with Crippen molar-refractivity contribution in [2.75, 3.05) is 6.61 Å². The van der Waals surface area contributed by atoms with Gasteiger partial charge in [0.15, 0.2) is 0 Å². The number of hydrogen-bond acceptors (Lipinski definition) is 3. The van der Waals surface area contributed by atoms with Crippen LogP contribution in [0.2, 0.25) is 10.0 Å². The molecule has 0 saturated carbocycles. The number of aliphatic hydroxyl groups excluding tert-OH is 1. The van der Waals surface area contributed by atoms with E-state index in [9.17, 15) is 4.79 Å². The van der Waals surface area contributed by atoms with E-state index in [1.165, 1.54) is 6.07 Å². The van der Waals surface area contributed by atoms with Gasteiger partial charge in [0.2, 0.25) is 5.91 Å². The van der Waals surface area contributed by atoms with Crippen molar-refractivity contribution >= 4 is 29.1 Å². The normalized spacial score (nSPS) is 12.2. The molecule has 0 fully saturated rings. The molecule has 1 aromatic carbocycles. The summed E-state index contributed by atoms with van der Waals surface area (Å²) in [5, 5.41) is 9.85. The number of carbonyl (C=O) groups excluding carboxylic acids is 1. The zero-order chi connectivity index (χ0) is 13.0. The Hall–Kier alpha value is -0.970. The molecular weight excluding hydrogens is 265 g/mol. The van der Waals surface area contributed by atoms with Crippen molar-refractivity contribution in [2.24, 2.45) is 11.7 Å². The molecule has 17 heavy (non-hydrogen) atoms. The van der Waals surface area contributed by atoms with Crippen molar-refractivity contribution < 1.29 is 14.6 Å². The zero-order valence-corrected chi connectivity index (χ0v) is 10.8. The third-order valence-electron chi connectivity index (χ3n) is 2.22. The molecule has 0 aliphatic rings. The van der Waals surface area contributed by atoms with Gasteiger partial charge in [-0.05, 0) is 12.1 Å². The summed E-state index contributed by atoms with van der Waals surface area (Å²) in [7, 11) is 0. The molecule has 0 aliphatic heterocycles. The van der Waals surface area contributed by atoms with Crippen LogP contribution in [-0.4, -0.2) is 17.6 Å². The molecule has 1 rings (SSSR count). The van der Waals surface area contributed by atoms with Gasteiger partial charge in [-0.2, -0.15) is 0 Å². The van der Waals surface area contributed by atoms with E-state index >= 15 is 0 Å². The van der Waals surface area contributed by atoms with Gasteiger partial charge >= 0.3 is 0 Å². The number of halogens is 2. The van der Waals surface area contributed by atoms with Gasteiger partial charge in [0, 0.05) is 10.6 Å². The number of hydrogen-bond donors (Lipinski definition) is 2. The van der Waals surface area contributed by atoms with Crippen molar-refractivity contribution in [3.8, 4) is 5.75 Å². The number of nitrogens with two attached hydrogens (primary N) is 1. The van der Waals surface area contributed by atoms with Crippen LogP contribution in [0.25, 0.3) is 0 Å². The van der Waals surface area contributed by atoms with Crippen LogP contribution in [0.4, 0.5) is 0 Å². The van der Waals surface area contributed by atoms with Crippen molar-refractivity contribution in [3.63, 3.8) is 0 Å². The number of primary amides is 1. The van der Waals surface area contributed by atoms with Crippen LogP contribution in [0.1, 0.15) is 12.5 Å². The van der Waals surface area contributed by atoms with Gasteiger partial charge in [-0.3, -0.25) is 4.79 Å². The molecule has 0 aromatic heterocycles. The monoisotopic (exact) mass is 277 g/mol. The molecule has 94 valence electrons. The zero-order valence-electron chi connectivity index (χ0n) is 9.24. The Morgan fingerprint density at radius 1 is 1.53 bits per heavy atom. The Bertz CT molecular complexity index is 423.